The van der Waals surface area contributed by atoms with Gasteiger partial charge >= 0.3 is 6.18 Å². The summed E-state index contributed by atoms with van der Waals surface area (Å²) < 4.78 is 60.4. The molecule has 7 heterocycles. The van der Waals surface area contributed by atoms with Crippen molar-refractivity contribution in [2.45, 2.75) is 288 Å². The molecule has 6 fully saturated rings. The van der Waals surface area contributed by atoms with E-state index in [9.17, 15) is 13.2 Å². The molecule has 1 spiro atoms. The molecule has 18 rings (SSSR count). The summed E-state index contributed by atoms with van der Waals surface area (Å²) in [5.41, 5.74) is 26.1. The molecule has 8 aliphatic rings. The Kier molecular flexibility index (Phi) is 42.2. The first-order valence-corrected chi connectivity index (χ1v) is 51.5. The lowest BCUT2D eigenvalue weighted by atomic mass is 9.73. The molecule has 16 heteroatoms. The van der Waals surface area contributed by atoms with Crippen LogP contribution in [0.25, 0.3) is 11.1 Å². The van der Waals surface area contributed by atoms with Crippen LogP contribution in [0.5, 0.6) is 11.5 Å². The van der Waals surface area contributed by atoms with Crippen LogP contribution in [0.15, 0.2) is 200 Å². The molecule has 1 aliphatic carbocycles. The largest absolute Gasteiger partial charge is 0.454 e. The number of anilines is 5. The monoisotopic (exact) mass is 1900 g/mol. The molecule has 0 atom stereocenters. The topological polar surface area (TPSA) is 53.1 Å². The Bertz CT molecular complexity index is 5100. The van der Waals surface area contributed by atoms with Gasteiger partial charge in [-0.25, -0.2) is 0 Å². The number of rotatable bonds is 15. The molecule has 9 nitrogen and oxygen atoms in total. The summed E-state index contributed by atoms with van der Waals surface area (Å²) in [6.07, 6.45) is 11.7. The molecule has 134 heavy (non-hydrogen) atoms. The summed E-state index contributed by atoms with van der Waals surface area (Å²) in [5, 5.41) is 3.34. The van der Waals surface area contributed by atoms with Crippen LogP contribution in [0.2, 0.25) is 20.1 Å². The van der Waals surface area contributed by atoms with Crippen LogP contribution in [0.3, 0.4) is 0 Å². The highest BCUT2D eigenvalue weighted by Gasteiger charge is 2.40. The molecule has 0 aromatic heterocycles. The number of benzene rings is 10. The van der Waals surface area contributed by atoms with Gasteiger partial charge in [-0.05, 0) is 293 Å². The summed E-state index contributed by atoms with van der Waals surface area (Å²) in [6, 6.07) is 68.3. The van der Waals surface area contributed by atoms with E-state index in [1.165, 1.54) is 216 Å². The number of alkyl halides is 3. The smallest absolute Gasteiger partial charge is 0.416 e. The molecule has 726 valence electrons. The highest BCUT2D eigenvalue weighted by molar-refractivity contribution is 6.31. The molecule has 0 unspecified atom stereocenters. The van der Waals surface area contributed by atoms with E-state index in [1.54, 1.807) is 0 Å². The maximum atomic E-state index is 13.1. The summed E-state index contributed by atoms with van der Waals surface area (Å²) >= 11 is 24.1. The van der Waals surface area contributed by atoms with Gasteiger partial charge < -0.3 is 43.4 Å². The zero-order valence-corrected chi connectivity index (χ0v) is 87.4. The molecule has 0 N–H and O–H groups in total. The standard InChI is InChI=1S/C18H26ClN.C16H18.C14H18F3N.C14H21N.C13H18ClNO.C13H18ClN.C11H14O.C10H12O2.C9H11Cl/c1-14(2)16-7-6-15(19)12-17(16)20-11-10-18(13-20)8-4-3-5-9-18;1-12(2)16-10-9-15(11-13(16)3)14-7-5-4-6-8-14;1-10(2)13-11(14(15,16)17)6-5-7-12(13)18-8-3-4-9-18;1-11(2)13-7-6-12(3)10-14(13)15-8-4-5-9-15;1-10(2)12-4-3-11(14)9-13(12)15-5-7-16-8-6-15;1-10(2)12-6-5-11(14)9-13(12)15-7-3-4-8-15;1-8(2)9-3-4-10-6-12-7-11(10)5-9;1-7(2)8-3-4-9-10(5-8)12-6-11-9;1-7(2)8-3-5-9(10)6-4-8/h6-7,12,14H,3-5,8-11,13H2,1-2H3;4-12H,1-3H3;5-7,10H,3-4,8-9H2,1-2H3;6-7,10-11H,4-5,8-9H2,1-3H3;3-4,9-10H,5-8H2,1-2H3;5-6,9-10H,3-4,7-8H2,1-2H3;3-5,8H,6-7H2,1-2H3;3-5,7H,6H2,1-2H3;3-7H,1-2H3. The molecular formula is C118H156Cl4F3N5O4. The lowest BCUT2D eigenvalue weighted by Gasteiger charge is -2.34. The summed E-state index contributed by atoms with van der Waals surface area (Å²) in [6.45, 7) is 58.2. The normalized spacial score (nSPS) is 15.9. The zero-order chi connectivity index (χ0) is 96.9. The van der Waals surface area contributed by atoms with E-state index in [2.05, 4.69) is 289 Å². The molecule has 0 amide bonds. The van der Waals surface area contributed by atoms with Gasteiger partial charge in [-0.1, -0.05) is 312 Å². The molecule has 10 aromatic rings. The lowest BCUT2D eigenvalue weighted by molar-refractivity contribution is -0.138. The van der Waals surface area contributed by atoms with E-state index < -0.39 is 11.7 Å². The van der Waals surface area contributed by atoms with Crippen molar-refractivity contribution in [1.82, 2.24) is 0 Å². The number of aryl methyl sites for hydroxylation is 2. The summed E-state index contributed by atoms with van der Waals surface area (Å²) in [5.74, 6) is 6.25. The van der Waals surface area contributed by atoms with Crippen molar-refractivity contribution in [1.29, 1.82) is 0 Å². The van der Waals surface area contributed by atoms with Crippen LogP contribution >= 0.6 is 46.4 Å². The number of ether oxygens (including phenoxy) is 4. The average Bonchev–Trinajstić information content (AvgIpc) is 1.75. The fourth-order valence-corrected chi connectivity index (χ4v) is 19.9. The number of fused-ring (bicyclic) bond motifs is 2. The van der Waals surface area contributed by atoms with Crippen LogP contribution in [0, 0.1) is 19.3 Å². The average molecular weight is 1910 g/mol. The van der Waals surface area contributed by atoms with Gasteiger partial charge in [-0.15, -0.1) is 0 Å². The van der Waals surface area contributed by atoms with Gasteiger partial charge in [0.05, 0.1) is 32.0 Å². The number of hydrogen-bond donors (Lipinski definition) is 0. The van der Waals surface area contributed by atoms with E-state index in [-0.39, 0.29) is 5.92 Å². The maximum Gasteiger partial charge on any atom is 0.416 e. The third kappa shape index (κ3) is 31.6. The van der Waals surface area contributed by atoms with Crippen molar-refractivity contribution in [3.63, 3.8) is 0 Å². The molecule has 5 saturated heterocycles. The first-order valence-electron chi connectivity index (χ1n) is 50.0. The van der Waals surface area contributed by atoms with Crippen LogP contribution in [-0.4, -0.2) is 85.5 Å². The Morgan fingerprint density at radius 2 is 0.746 bits per heavy atom. The highest BCUT2D eigenvalue weighted by Crippen LogP contribution is 2.48. The van der Waals surface area contributed by atoms with Crippen LogP contribution in [0.4, 0.5) is 41.6 Å². The van der Waals surface area contributed by atoms with E-state index in [4.69, 9.17) is 65.4 Å². The van der Waals surface area contributed by atoms with Crippen LogP contribution < -0.4 is 34.0 Å². The maximum absolute atomic E-state index is 13.1. The van der Waals surface area contributed by atoms with Crippen molar-refractivity contribution in [2.24, 2.45) is 5.41 Å². The Morgan fingerprint density at radius 1 is 0.313 bits per heavy atom. The van der Waals surface area contributed by atoms with Gasteiger partial charge in [0.1, 0.15) is 0 Å². The molecule has 7 aliphatic heterocycles. The third-order valence-corrected chi connectivity index (χ3v) is 28.0. The molecule has 0 bridgehead atoms. The van der Waals surface area contributed by atoms with Gasteiger partial charge in [0, 0.05) is 114 Å². The van der Waals surface area contributed by atoms with E-state index in [0.717, 1.165) is 103 Å². The predicted octanol–water partition coefficient (Wildman–Crippen LogP) is 34.8. The fourth-order valence-electron chi connectivity index (χ4n) is 19.3. The van der Waals surface area contributed by atoms with Gasteiger partial charge in [-0.2, -0.15) is 13.2 Å². The van der Waals surface area contributed by atoms with E-state index in [0.29, 0.717) is 65.1 Å². The number of hydrogen-bond acceptors (Lipinski definition) is 9. The third-order valence-electron chi connectivity index (χ3n) is 27.0. The minimum absolute atomic E-state index is 0.126. The second-order valence-corrected chi connectivity index (χ2v) is 42.1. The molecule has 0 radical (unpaired) electrons. The SMILES string of the molecule is CC(C)c1c(N2CCCC2)cccc1C(F)(F)F.CC(C)c1ccc(Cl)cc1.CC(C)c1ccc(Cl)cc1N1CCC2(CCCCC2)C1.CC(C)c1ccc(Cl)cc1N1CCCC1.CC(C)c1ccc(Cl)cc1N1CCOCC1.CC(C)c1ccc2c(c1)COC2.CC(C)c1ccc2c(c1)OCO2.Cc1cc(-c2ccccc2)ccc1C(C)C.Cc1ccc(C(C)C)c(N2CCCC2)c1. The van der Waals surface area contributed by atoms with Crippen LogP contribution in [0.1, 0.15) is 333 Å². The van der Waals surface area contributed by atoms with Gasteiger partial charge in [0.2, 0.25) is 6.79 Å². The van der Waals surface area contributed by atoms with Crippen molar-refractivity contribution in [3.05, 3.63) is 298 Å². The lowest BCUT2D eigenvalue weighted by Crippen LogP contribution is -2.36. The first kappa shape index (κ1) is 108. The molecular weight excluding hydrogens is 1750 g/mol. The van der Waals surface area contributed by atoms with Crippen molar-refractivity contribution in [2.75, 3.05) is 110 Å². The fraction of sp³-hybridized carbons (Fsp3) is 0.492. The second-order valence-electron chi connectivity index (χ2n) is 40.3. The van der Waals surface area contributed by atoms with Gasteiger partial charge in [-0.3, -0.25) is 0 Å². The Balaban J connectivity index is 0.000000157. The number of halogens is 7. The first-order chi connectivity index (χ1) is 64.0. The Hall–Kier alpha value is -8.33. The predicted molar refractivity (Wildman–Crippen MR) is 569 cm³/mol. The van der Waals surface area contributed by atoms with E-state index in [1.807, 2.05) is 62.4 Å². The second kappa shape index (κ2) is 52.4. The quantitative estimate of drug-likeness (QED) is 0.0999. The molecule has 1 saturated carbocycles. The summed E-state index contributed by atoms with van der Waals surface area (Å²) in [4.78, 5) is 12.0. The van der Waals surface area contributed by atoms with Gasteiger partial charge in [0.25, 0.3) is 0 Å². The van der Waals surface area contributed by atoms with Crippen LogP contribution in [-0.2, 0) is 28.9 Å². The minimum atomic E-state index is -4.27. The van der Waals surface area contributed by atoms with E-state index >= 15 is 0 Å². The van der Waals surface area contributed by atoms with Crippen molar-refractivity contribution in [3.8, 4) is 22.6 Å². The summed E-state index contributed by atoms with van der Waals surface area (Å²) in [7, 11) is 0. The zero-order valence-electron chi connectivity index (χ0n) is 84.4. The number of morpholine rings is 1. The number of nitrogens with zero attached hydrogens (tertiary/aromatic N) is 5. The Labute approximate surface area is 825 Å². The Morgan fingerprint density at radius 3 is 1.23 bits per heavy atom. The highest BCUT2D eigenvalue weighted by atomic mass is 35.5. The van der Waals surface area contributed by atoms with Gasteiger partial charge in [0.15, 0.2) is 11.5 Å². The van der Waals surface area contributed by atoms with Crippen molar-refractivity contribution < 1.29 is 32.1 Å². The molecule has 10 aromatic carbocycles. The minimum Gasteiger partial charge on any atom is -0.454 e. The van der Waals surface area contributed by atoms with Crippen molar-refractivity contribution >= 4 is 74.8 Å².